The molecule has 0 aliphatic carbocycles. The number of ether oxygens (including phenoxy) is 1. The van der Waals surface area contributed by atoms with E-state index in [0.717, 1.165) is 11.1 Å². The number of amides is 1. The first-order valence-corrected chi connectivity index (χ1v) is 8.83. The summed E-state index contributed by atoms with van der Waals surface area (Å²) in [6.07, 6.45) is 0. The van der Waals surface area contributed by atoms with Crippen LogP contribution in [0.25, 0.3) is 0 Å². The fourth-order valence-electron chi connectivity index (χ4n) is 2.11. The van der Waals surface area contributed by atoms with E-state index in [1.165, 1.54) is 31.3 Å². The van der Waals surface area contributed by atoms with Gasteiger partial charge in [-0.25, -0.2) is 13.1 Å². The Morgan fingerprint density at radius 3 is 2.12 bits per heavy atom. The highest BCUT2D eigenvalue weighted by Gasteiger charge is 2.12. The summed E-state index contributed by atoms with van der Waals surface area (Å²) in [4.78, 5) is 12.2. The minimum absolute atomic E-state index is 0.121. The van der Waals surface area contributed by atoms with Crippen LogP contribution in [-0.4, -0.2) is 28.5 Å². The highest BCUT2D eigenvalue weighted by Crippen LogP contribution is 2.11. The molecule has 0 aliphatic rings. The van der Waals surface area contributed by atoms with Gasteiger partial charge in [-0.1, -0.05) is 24.3 Å². The largest absolute Gasteiger partial charge is 0.380 e. The molecule has 0 heterocycles. The van der Waals surface area contributed by atoms with E-state index in [1.807, 2.05) is 24.3 Å². The molecule has 2 rings (SSSR count). The van der Waals surface area contributed by atoms with Crippen molar-refractivity contribution in [2.45, 2.75) is 18.0 Å². The lowest BCUT2D eigenvalue weighted by atomic mass is 10.1. The van der Waals surface area contributed by atoms with Gasteiger partial charge in [0.2, 0.25) is 10.0 Å². The van der Waals surface area contributed by atoms with Gasteiger partial charge in [-0.15, -0.1) is 0 Å². The van der Waals surface area contributed by atoms with Gasteiger partial charge in [0.1, 0.15) is 0 Å². The van der Waals surface area contributed by atoms with Crippen LogP contribution >= 0.6 is 0 Å². The van der Waals surface area contributed by atoms with Crippen LogP contribution < -0.4 is 10.0 Å². The average Bonchev–Trinajstić information content (AvgIpc) is 2.61. The molecular formula is C17H20N2O4S. The number of carbonyl (C=O) groups is 1. The van der Waals surface area contributed by atoms with Crippen molar-refractivity contribution in [3.63, 3.8) is 0 Å². The molecule has 128 valence electrons. The Balaban J connectivity index is 1.97. The average molecular weight is 348 g/mol. The van der Waals surface area contributed by atoms with Crippen molar-refractivity contribution in [2.24, 2.45) is 0 Å². The standard InChI is InChI=1S/C17H20N2O4S/c1-18-24(21,22)16-9-7-15(8-10-16)17(20)19-11-13-3-5-14(6-4-13)12-23-2/h3-10,18H,11-12H2,1-2H3,(H,19,20). The van der Waals surface area contributed by atoms with E-state index in [2.05, 4.69) is 10.0 Å². The Bertz CT molecular complexity index is 784. The van der Waals surface area contributed by atoms with Gasteiger partial charge < -0.3 is 10.1 Å². The van der Waals surface area contributed by atoms with Crippen molar-refractivity contribution in [3.8, 4) is 0 Å². The number of sulfonamides is 1. The van der Waals surface area contributed by atoms with E-state index < -0.39 is 10.0 Å². The first-order chi connectivity index (χ1) is 11.5. The Labute approximate surface area is 141 Å². The lowest BCUT2D eigenvalue weighted by Gasteiger charge is -2.07. The minimum Gasteiger partial charge on any atom is -0.380 e. The fraction of sp³-hybridized carbons (Fsp3) is 0.235. The Kier molecular flexibility index (Phi) is 6.08. The molecule has 6 nitrogen and oxygen atoms in total. The van der Waals surface area contributed by atoms with Crippen molar-refractivity contribution in [1.29, 1.82) is 0 Å². The predicted octanol–water partition coefficient (Wildman–Crippen LogP) is 1.67. The zero-order chi connectivity index (χ0) is 17.6. The lowest BCUT2D eigenvalue weighted by Crippen LogP contribution is -2.23. The number of hydrogen-bond acceptors (Lipinski definition) is 4. The quantitative estimate of drug-likeness (QED) is 0.797. The summed E-state index contributed by atoms with van der Waals surface area (Å²) in [5.74, 6) is -0.260. The summed E-state index contributed by atoms with van der Waals surface area (Å²) in [6.45, 7) is 0.942. The number of carbonyl (C=O) groups excluding carboxylic acids is 1. The number of methoxy groups -OCH3 is 1. The maximum Gasteiger partial charge on any atom is 0.251 e. The molecule has 0 saturated carbocycles. The molecule has 24 heavy (non-hydrogen) atoms. The summed E-state index contributed by atoms with van der Waals surface area (Å²) < 4.78 is 30.6. The molecule has 1 amide bonds. The molecular weight excluding hydrogens is 328 g/mol. The van der Waals surface area contributed by atoms with Gasteiger partial charge in [0.15, 0.2) is 0 Å². The second-order valence-corrected chi connectivity index (χ2v) is 7.05. The van der Waals surface area contributed by atoms with Crippen LogP contribution in [-0.2, 0) is 27.9 Å². The molecule has 0 spiro atoms. The minimum atomic E-state index is -3.50. The highest BCUT2D eigenvalue weighted by atomic mass is 32.2. The number of nitrogens with one attached hydrogen (secondary N) is 2. The van der Waals surface area contributed by atoms with Gasteiger partial charge in [-0.2, -0.15) is 0 Å². The normalized spacial score (nSPS) is 11.2. The van der Waals surface area contributed by atoms with Crippen molar-refractivity contribution in [3.05, 3.63) is 65.2 Å². The first kappa shape index (κ1) is 18.1. The maximum atomic E-state index is 12.1. The topological polar surface area (TPSA) is 84.5 Å². The summed E-state index contributed by atoms with van der Waals surface area (Å²) in [5, 5.41) is 2.80. The number of hydrogen-bond donors (Lipinski definition) is 2. The fourth-order valence-corrected chi connectivity index (χ4v) is 2.84. The van der Waals surface area contributed by atoms with Crippen molar-refractivity contribution < 1.29 is 17.9 Å². The summed E-state index contributed by atoms with van der Waals surface area (Å²) in [6, 6.07) is 13.5. The van der Waals surface area contributed by atoms with E-state index in [-0.39, 0.29) is 10.8 Å². The third-order valence-electron chi connectivity index (χ3n) is 3.48. The number of benzene rings is 2. The van der Waals surface area contributed by atoms with Crippen LogP contribution in [0.5, 0.6) is 0 Å². The zero-order valence-corrected chi connectivity index (χ0v) is 14.4. The van der Waals surface area contributed by atoms with Crippen LogP contribution in [0.2, 0.25) is 0 Å². The van der Waals surface area contributed by atoms with Gasteiger partial charge in [0.25, 0.3) is 5.91 Å². The van der Waals surface area contributed by atoms with E-state index in [9.17, 15) is 13.2 Å². The Hall–Kier alpha value is -2.22. The smallest absolute Gasteiger partial charge is 0.251 e. The van der Waals surface area contributed by atoms with Gasteiger partial charge in [-0.3, -0.25) is 4.79 Å². The monoisotopic (exact) mass is 348 g/mol. The summed E-state index contributed by atoms with van der Waals surface area (Å²) in [7, 11) is -0.516. The molecule has 0 aromatic heterocycles. The van der Waals surface area contributed by atoms with Crippen LogP contribution in [0.1, 0.15) is 21.5 Å². The second-order valence-electron chi connectivity index (χ2n) is 5.16. The first-order valence-electron chi connectivity index (χ1n) is 7.35. The van der Waals surface area contributed by atoms with E-state index >= 15 is 0 Å². The molecule has 2 aromatic rings. The van der Waals surface area contributed by atoms with E-state index in [1.54, 1.807) is 7.11 Å². The molecule has 0 radical (unpaired) electrons. The summed E-state index contributed by atoms with van der Waals surface area (Å²) >= 11 is 0. The van der Waals surface area contributed by atoms with Gasteiger partial charge in [0.05, 0.1) is 11.5 Å². The Morgan fingerprint density at radius 2 is 1.58 bits per heavy atom. The SMILES string of the molecule is CNS(=O)(=O)c1ccc(C(=O)NCc2ccc(COC)cc2)cc1. The van der Waals surface area contributed by atoms with Crippen molar-refractivity contribution >= 4 is 15.9 Å². The molecule has 2 N–H and O–H groups in total. The molecule has 0 aliphatic heterocycles. The van der Waals surface area contributed by atoms with E-state index in [4.69, 9.17) is 4.74 Å². The van der Waals surface area contributed by atoms with E-state index in [0.29, 0.717) is 18.7 Å². The van der Waals surface area contributed by atoms with Crippen LogP contribution in [0.15, 0.2) is 53.4 Å². The maximum absolute atomic E-state index is 12.1. The molecule has 0 saturated heterocycles. The van der Waals surface area contributed by atoms with Gasteiger partial charge >= 0.3 is 0 Å². The molecule has 0 fully saturated rings. The predicted molar refractivity (Wildman–Crippen MR) is 91.0 cm³/mol. The zero-order valence-electron chi connectivity index (χ0n) is 13.6. The Morgan fingerprint density at radius 1 is 1.00 bits per heavy atom. The van der Waals surface area contributed by atoms with Gasteiger partial charge in [-0.05, 0) is 42.4 Å². The second kappa shape index (κ2) is 8.05. The van der Waals surface area contributed by atoms with Crippen LogP contribution in [0.4, 0.5) is 0 Å². The summed E-state index contributed by atoms with van der Waals surface area (Å²) in [5.41, 5.74) is 2.44. The third kappa shape index (κ3) is 4.64. The van der Waals surface area contributed by atoms with Crippen molar-refractivity contribution in [1.82, 2.24) is 10.0 Å². The molecule has 0 unspecified atom stereocenters. The lowest BCUT2D eigenvalue weighted by molar-refractivity contribution is 0.0951. The van der Waals surface area contributed by atoms with Gasteiger partial charge in [0, 0.05) is 19.2 Å². The molecule has 2 aromatic carbocycles. The van der Waals surface area contributed by atoms with Crippen LogP contribution in [0.3, 0.4) is 0 Å². The molecule has 7 heteroatoms. The number of rotatable bonds is 7. The van der Waals surface area contributed by atoms with Crippen molar-refractivity contribution in [2.75, 3.05) is 14.2 Å². The molecule has 0 atom stereocenters. The van der Waals surface area contributed by atoms with Crippen LogP contribution in [0, 0.1) is 0 Å². The third-order valence-corrected chi connectivity index (χ3v) is 4.91. The molecule has 0 bridgehead atoms. The highest BCUT2D eigenvalue weighted by molar-refractivity contribution is 7.89.